The van der Waals surface area contributed by atoms with Gasteiger partial charge in [-0.25, -0.2) is 26.3 Å². The molecule has 1 heterocycles. The van der Waals surface area contributed by atoms with Crippen LogP contribution in [0.3, 0.4) is 0 Å². The van der Waals surface area contributed by atoms with Crippen LogP contribution in [-0.4, -0.2) is 29.2 Å². The third-order valence-corrected chi connectivity index (χ3v) is 6.45. The molecule has 0 unspecified atom stereocenters. The third-order valence-electron chi connectivity index (χ3n) is 5.61. The summed E-state index contributed by atoms with van der Waals surface area (Å²) in [5.41, 5.74) is 0. The molecule has 0 N–H and O–H groups in total. The Hall–Kier alpha value is -1.16. The van der Waals surface area contributed by atoms with Gasteiger partial charge >= 0.3 is 11.7 Å². The first-order valence-electron chi connectivity index (χ1n) is 12.5. The van der Waals surface area contributed by atoms with Crippen molar-refractivity contribution >= 4 is 10.1 Å². The highest BCUT2D eigenvalue weighted by atomic mass is 32.2. The van der Waals surface area contributed by atoms with Crippen molar-refractivity contribution in [1.82, 2.24) is 4.57 Å². The van der Waals surface area contributed by atoms with Gasteiger partial charge in [0.2, 0.25) is 6.33 Å². The van der Waals surface area contributed by atoms with Crippen molar-refractivity contribution in [2.75, 3.05) is 0 Å². The molecule has 0 aliphatic rings. The molecular formula is C24H44F4N2O3S. The van der Waals surface area contributed by atoms with E-state index < -0.39 is 21.8 Å². The Bertz CT molecular complexity index is 726. The molecule has 0 atom stereocenters. The van der Waals surface area contributed by atoms with E-state index >= 15 is 0 Å². The molecule has 0 aromatic carbocycles. The number of nitrogens with zero attached hydrogens (tertiary/aromatic N) is 2. The highest BCUT2D eigenvalue weighted by Crippen LogP contribution is 2.27. The van der Waals surface area contributed by atoms with Crippen molar-refractivity contribution in [3.63, 3.8) is 0 Å². The van der Waals surface area contributed by atoms with Crippen LogP contribution in [0.15, 0.2) is 18.7 Å². The van der Waals surface area contributed by atoms with E-state index in [1.54, 1.807) is 0 Å². The number of halogens is 4. The van der Waals surface area contributed by atoms with E-state index in [-0.39, 0.29) is 0 Å². The molecule has 0 bridgehead atoms. The van der Waals surface area contributed by atoms with E-state index in [2.05, 4.69) is 48.8 Å². The number of hydrogen-bond donors (Lipinski definition) is 0. The van der Waals surface area contributed by atoms with Gasteiger partial charge < -0.3 is 4.55 Å². The molecule has 202 valence electrons. The monoisotopic (exact) mass is 516 g/mol. The van der Waals surface area contributed by atoms with Crippen molar-refractivity contribution in [3.8, 4) is 0 Å². The average Bonchev–Trinajstić information content (AvgIpc) is 3.15. The lowest BCUT2D eigenvalue weighted by molar-refractivity contribution is -0.671. The van der Waals surface area contributed by atoms with Gasteiger partial charge in [0, 0.05) is 0 Å². The summed E-state index contributed by atoms with van der Waals surface area (Å²) in [4.78, 5) is 0. The first-order chi connectivity index (χ1) is 15.9. The quantitative estimate of drug-likeness (QED) is 0.0931. The van der Waals surface area contributed by atoms with Crippen LogP contribution >= 0.6 is 0 Å². The van der Waals surface area contributed by atoms with E-state index in [0.717, 1.165) is 5.92 Å². The second-order valence-corrected chi connectivity index (χ2v) is 10.9. The van der Waals surface area contributed by atoms with Crippen LogP contribution in [0.4, 0.5) is 17.6 Å². The molecule has 1 aromatic heterocycles. The molecule has 5 nitrogen and oxygen atoms in total. The van der Waals surface area contributed by atoms with Gasteiger partial charge in [-0.2, -0.15) is 8.78 Å². The molecule has 0 radical (unpaired) electrons. The molecule has 10 heteroatoms. The van der Waals surface area contributed by atoms with Crippen LogP contribution in [0.1, 0.15) is 104 Å². The Labute approximate surface area is 203 Å². The fourth-order valence-corrected chi connectivity index (χ4v) is 3.75. The summed E-state index contributed by atoms with van der Waals surface area (Å²) in [7, 11) is -4.15. The summed E-state index contributed by atoms with van der Waals surface area (Å²) >= 11 is 0. The predicted octanol–water partition coefficient (Wildman–Crippen LogP) is 6.82. The second kappa shape index (κ2) is 18.2. The highest BCUT2D eigenvalue weighted by Gasteiger charge is 2.48. The van der Waals surface area contributed by atoms with E-state index in [9.17, 15) is 30.5 Å². The van der Waals surface area contributed by atoms with Crippen LogP contribution in [0.5, 0.6) is 0 Å². The number of unbranched alkanes of at least 4 members (excludes halogenated alkanes) is 12. The summed E-state index contributed by atoms with van der Waals surface area (Å²) in [6.45, 7) is 5.85. The normalized spacial score (nSPS) is 12.3. The number of aromatic nitrogens is 2. The lowest BCUT2D eigenvalue weighted by atomic mass is 10.0. The lowest BCUT2D eigenvalue weighted by Crippen LogP contribution is -2.36. The van der Waals surface area contributed by atoms with Crippen LogP contribution in [0.2, 0.25) is 0 Å². The zero-order valence-electron chi connectivity index (χ0n) is 21.0. The second-order valence-electron chi connectivity index (χ2n) is 9.41. The van der Waals surface area contributed by atoms with Gasteiger partial charge in [0.1, 0.15) is 12.4 Å². The number of rotatable bonds is 18. The topological polar surface area (TPSA) is 66.0 Å². The van der Waals surface area contributed by atoms with E-state index in [1.165, 1.54) is 96.4 Å². The molecule has 0 saturated heterocycles. The van der Waals surface area contributed by atoms with Crippen molar-refractivity contribution in [3.05, 3.63) is 18.7 Å². The molecule has 1 rings (SSSR count). The largest absolute Gasteiger partial charge is 0.743 e. The van der Waals surface area contributed by atoms with Crippen LogP contribution in [0.25, 0.3) is 0 Å². The van der Waals surface area contributed by atoms with Crippen LogP contribution < -0.4 is 4.57 Å². The van der Waals surface area contributed by atoms with Gasteiger partial charge in [-0.15, -0.1) is 0 Å². The molecule has 0 spiro atoms. The molecule has 0 aliphatic carbocycles. The number of imidazole rings is 1. The smallest absolute Gasteiger partial charge is 0.393 e. The summed E-state index contributed by atoms with van der Waals surface area (Å²) in [5, 5.41) is -5.48. The Morgan fingerprint density at radius 2 is 1.26 bits per heavy atom. The standard InChI is InChI=1S/C22H43N2.C2H2F4O3S/c1-22(2)17-15-13-11-9-7-5-4-6-8-10-12-14-16-18-24-20-19-23(3)21-24;3-1(4)2(5,6)10(7,8)9/h19-22H,4-18H2,1-3H3;1H,(H,7,8,9)/q+1;/p-1. The average molecular weight is 517 g/mol. The molecule has 0 fully saturated rings. The molecule has 0 saturated carbocycles. The molecule has 34 heavy (non-hydrogen) atoms. The van der Waals surface area contributed by atoms with E-state index in [4.69, 9.17) is 0 Å². The Kier molecular flexibility index (Phi) is 17.5. The van der Waals surface area contributed by atoms with Gasteiger partial charge in [-0.1, -0.05) is 90.9 Å². The summed E-state index contributed by atoms with van der Waals surface area (Å²) < 4.78 is 77.1. The highest BCUT2D eigenvalue weighted by molar-refractivity contribution is 7.86. The van der Waals surface area contributed by atoms with Crippen LogP contribution in [-0.2, 0) is 23.7 Å². The third kappa shape index (κ3) is 16.5. The Balaban J connectivity index is 0.000000916. The van der Waals surface area contributed by atoms with Gasteiger partial charge in [-0.3, -0.25) is 0 Å². The molecule has 1 aromatic rings. The van der Waals surface area contributed by atoms with Crippen LogP contribution in [0, 0.1) is 5.92 Å². The van der Waals surface area contributed by atoms with Gasteiger partial charge in [0.25, 0.3) is 0 Å². The van der Waals surface area contributed by atoms with Crippen molar-refractivity contribution < 1.29 is 35.1 Å². The predicted molar refractivity (Wildman–Crippen MR) is 126 cm³/mol. The Morgan fingerprint density at radius 1 is 0.853 bits per heavy atom. The first kappa shape index (κ1) is 32.8. The van der Waals surface area contributed by atoms with Gasteiger partial charge in [0.05, 0.1) is 13.6 Å². The van der Waals surface area contributed by atoms with Crippen molar-refractivity contribution in [2.24, 2.45) is 13.0 Å². The van der Waals surface area contributed by atoms with E-state index in [0.29, 0.717) is 0 Å². The summed E-state index contributed by atoms with van der Waals surface area (Å²) in [5.74, 6) is 0.891. The maximum Gasteiger partial charge on any atom is 0.393 e. The molecule has 0 amide bonds. The fraction of sp³-hybridized carbons (Fsp3) is 0.875. The lowest BCUT2D eigenvalue weighted by Gasteiger charge is -2.17. The SMILES string of the molecule is CC(C)CCCCCCCCCCCCCCCn1cc[n+](C)c1.O=S(=O)([O-])C(F)(F)C(F)F. The fourth-order valence-electron chi connectivity index (χ4n) is 3.53. The van der Waals surface area contributed by atoms with Crippen molar-refractivity contribution in [1.29, 1.82) is 0 Å². The number of hydrogen-bond acceptors (Lipinski definition) is 3. The van der Waals surface area contributed by atoms with Gasteiger partial charge in [0.15, 0.2) is 10.1 Å². The zero-order chi connectivity index (χ0) is 26.0. The van der Waals surface area contributed by atoms with Gasteiger partial charge in [-0.05, 0) is 18.8 Å². The first-order valence-corrected chi connectivity index (χ1v) is 13.9. The minimum atomic E-state index is -6.23. The summed E-state index contributed by atoms with van der Waals surface area (Å²) in [6.07, 6.45) is 22.1. The zero-order valence-corrected chi connectivity index (χ0v) is 21.8. The maximum atomic E-state index is 11.4. The number of alkyl halides is 4. The number of aryl methyl sites for hydroxylation is 2. The summed E-state index contributed by atoms with van der Waals surface area (Å²) in [6, 6.07) is 0. The van der Waals surface area contributed by atoms with E-state index in [1.807, 2.05) is 0 Å². The van der Waals surface area contributed by atoms with Crippen molar-refractivity contribution in [2.45, 2.75) is 122 Å². The minimum Gasteiger partial charge on any atom is -0.743 e. The molecule has 0 aliphatic heterocycles. The maximum absolute atomic E-state index is 11.4. The molecular weight excluding hydrogens is 472 g/mol. The minimum absolute atomic E-state index is 0.891. The Morgan fingerprint density at radius 3 is 1.56 bits per heavy atom.